The average Bonchev–Trinajstić information content (AvgIpc) is 3.03. The van der Waals surface area contributed by atoms with Crippen LogP contribution in [0.4, 0.5) is 11.7 Å². The highest BCUT2D eigenvalue weighted by Crippen LogP contribution is 2.31. The molecule has 2 atom stereocenters. The second-order valence-electron chi connectivity index (χ2n) is 4.94. The van der Waals surface area contributed by atoms with Crippen LogP contribution in [0.3, 0.4) is 0 Å². The molecule has 106 valence electrons. The molecule has 20 heavy (non-hydrogen) atoms. The van der Waals surface area contributed by atoms with Gasteiger partial charge in [0.2, 0.25) is 0 Å². The highest BCUT2D eigenvalue weighted by molar-refractivity contribution is 7.99. The second-order valence-corrected chi connectivity index (χ2v) is 6.08. The number of hydrogen-bond donors (Lipinski definition) is 1. The van der Waals surface area contributed by atoms with Gasteiger partial charge in [-0.25, -0.2) is 0 Å². The van der Waals surface area contributed by atoms with Crippen LogP contribution in [-0.2, 0) is 0 Å². The summed E-state index contributed by atoms with van der Waals surface area (Å²) in [6, 6.07) is 5.27. The van der Waals surface area contributed by atoms with Crippen molar-refractivity contribution in [2.45, 2.75) is 30.6 Å². The third-order valence-corrected chi connectivity index (χ3v) is 4.72. The molecule has 0 radical (unpaired) electrons. The third-order valence-electron chi connectivity index (χ3n) is 3.63. The second kappa shape index (κ2) is 5.32. The number of non-ortho nitro benzene ring substituents is 1. The summed E-state index contributed by atoms with van der Waals surface area (Å²) in [4.78, 5) is 14.6. The minimum Gasteiger partial charge on any atom is -0.424 e. The van der Waals surface area contributed by atoms with Crippen LogP contribution in [0, 0.1) is 10.1 Å². The van der Waals surface area contributed by atoms with Gasteiger partial charge < -0.3 is 9.73 Å². The number of nitro benzene ring substituents is 1. The van der Waals surface area contributed by atoms with E-state index in [1.165, 1.54) is 18.6 Å². The Kier molecular flexibility index (Phi) is 3.52. The van der Waals surface area contributed by atoms with E-state index in [4.69, 9.17) is 4.42 Å². The van der Waals surface area contributed by atoms with Crippen molar-refractivity contribution in [2.24, 2.45) is 0 Å². The lowest BCUT2D eigenvalue weighted by molar-refractivity contribution is -0.384. The molecular weight excluding hydrogens is 278 g/mol. The fourth-order valence-corrected chi connectivity index (χ4v) is 3.35. The zero-order valence-corrected chi connectivity index (χ0v) is 11.9. The van der Waals surface area contributed by atoms with E-state index in [1.807, 2.05) is 11.8 Å². The minimum atomic E-state index is -0.429. The van der Waals surface area contributed by atoms with Gasteiger partial charge in [0.1, 0.15) is 5.52 Å². The van der Waals surface area contributed by atoms with Crippen LogP contribution >= 0.6 is 11.8 Å². The topological polar surface area (TPSA) is 81.2 Å². The van der Waals surface area contributed by atoms with E-state index >= 15 is 0 Å². The standard InChI is InChI=1S/C13H15N3O3S/c1-20-10-4-2-8(6-10)14-13-15-11-7-9(16(17)18)3-5-12(11)19-13/h3,5,7-8,10H,2,4,6H2,1H3,(H,14,15). The van der Waals surface area contributed by atoms with Crippen molar-refractivity contribution >= 4 is 34.6 Å². The Bertz CT molecular complexity index is 643. The van der Waals surface area contributed by atoms with Crippen LogP contribution < -0.4 is 5.32 Å². The van der Waals surface area contributed by atoms with Gasteiger partial charge in [-0.3, -0.25) is 10.1 Å². The van der Waals surface area contributed by atoms with Gasteiger partial charge in [-0.15, -0.1) is 0 Å². The highest BCUT2D eigenvalue weighted by Gasteiger charge is 2.25. The zero-order chi connectivity index (χ0) is 14.1. The van der Waals surface area contributed by atoms with Crippen LogP contribution in [0.25, 0.3) is 11.1 Å². The molecule has 1 aliphatic rings. The normalized spacial score (nSPS) is 22.2. The van der Waals surface area contributed by atoms with Crippen molar-refractivity contribution in [3.8, 4) is 0 Å². The van der Waals surface area contributed by atoms with Crippen molar-refractivity contribution < 1.29 is 9.34 Å². The molecule has 1 N–H and O–H groups in total. The van der Waals surface area contributed by atoms with E-state index in [9.17, 15) is 10.1 Å². The first-order valence-electron chi connectivity index (χ1n) is 6.50. The molecule has 7 heteroatoms. The van der Waals surface area contributed by atoms with Crippen molar-refractivity contribution in [1.29, 1.82) is 0 Å². The van der Waals surface area contributed by atoms with Crippen LogP contribution in [-0.4, -0.2) is 27.5 Å². The summed E-state index contributed by atoms with van der Waals surface area (Å²) in [6.45, 7) is 0. The van der Waals surface area contributed by atoms with E-state index < -0.39 is 4.92 Å². The number of nitro groups is 1. The Morgan fingerprint density at radius 1 is 1.50 bits per heavy atom. The number of thioether (sulfide) groups is 1. The maximum atomic E-state index is 10.7. The van der Waals surface area contributed by atoms with Gasteiger partial charge in [0, 0.05) is 23.4 Å². The summed E-state index contributed by atoms with van der Waals surface area (Å²) in [5, 5.41) is 14.7. The van der Waals surface area contributed by atoms with Crippen molar-refractivity contribution in [3.63, 3.8) is 0 Å². The Morgan fingerprint density at radius 2 is 2.35 bits per heavy atom. The fraction of sp³-hybridized carbons (Fsp3) is 0.462. The number of nitrogens with one attached hydrogen (secondary N) is 1. The lowest BCUT2D eigenvalue weighted by Crippen LogP contribution is -2.15. The molecule has 0 saturated heterocycles. The van der Waals surface area contributed by atoms with Gasteiger partial charge in [0.25, 0.3) is 11.7 Å². The van der Waals surface area contributed by atoms with E-state index in [0.29, 0.717) is 28.4 Å². The van der Waals surface area contributed by atoms with E-state index in [1.54, 1.807) is 6.07 Å². The molecule has 1 fully saturated rings. The predicted octanol–water partition coefficient (Wildman–Crippen LogP) is 3.43. The lowest BCUT2D eigenvalue weighted by atomic mass is 10.3. The molecule has 0 amide bonds. The van der Waals surface area contributed by atoms with Gasteiger partial charge in [-0.2, -0.15) is 16.7 Å². The molecule has 0 spiro atoms. The summed E-state index contributed by atoms with van der Waals surface area (Å²) in [6.07, 6.45) is 5.53. The number of fused-ring (bicyclic) bond motifs is 1. The van der Waals surface area contributed by atoms with Gasteiger partial charge in [0.05, 0.1) is 4.92 Å². The molecule has 2 aromatic rings. The molecule has 1 heterocycles. The Labute approximate surface area is 120 Å². The number of oxazole rings is 1. The molecule has 0 aliphatic heterocycles. The SMILES string of the molecule is CSC1CCC(Nc2nc3cc([N+](=O)[O-])ccc3o2)C1. The molecule has 0 bridgehead atoms. The smallest absolute Gasteiger partial charge is 0.295 e. The monoisotopic (exact) mass is 293 g/mol. The lowest BCUT2D eigenvalue weighted by Gasteiger charge is -2.09. The predicted molar refractivity (Wildman–Crippen MR) is 79.2 cm³/mol. The van der Waals surface area contributed by atoms with Gasteiger partial charge in [-0.05, 0) is 31.6 Å². The number of hydrogen-bond acceptors (Lipinski definition) is 6. The van der Waals surface area contributed by atoms with Crippen LogP contribution in [0.2, 0.25) is 0 Å². The summed E-state index contributed by atoms with van der Waals surface area (Å²) >= 11 is 1.89. The Balaban J connectivity index is 1.77. The molecule has 6 nitrogen and oxygen atoms in total. The first kappa shape index (κ1) is 13.2. The average molecular weight is 293 g/mol. The van der Waals surface area contributed by atoms with Gasteiger partial charge >= 0.3 is 0 Å². The first-order valence-corrected chi connectivity index (χ1v) is 7.79. The Hall–Kier alpha value is -1.76. The quantitative estimate of drug-likeness (QED) is 0.687. The fourth-order valence-electron chi connectivity index (χ4n) is 2.55. The van der Waals surface area contributed by atoms with Gasteiger partial charge in [-0.1, -0.05) is 0 Å². The molecule has 2 unspecified atom stereocenters. The molecule has 1 aromatic heterocycles. The van der Waals surface area contributed by atoms with Crippen molar-refractivity contribution in [1.82, 2.24) is 4.98 Å². The minimum absolute atomic E-state index is 0.0284. The largest absolute Gasteiger partial charge is 0.424 e. The molecule has 3 rings (SSSR count). The number of anilines is 1. The maximum Gasteiger partial charge on any atom is 0.295 e. The van der Waals surface area contributed by atoms with E-state index in [2.05, 4.69) is 16.6 Å². The number of benzene rings is 1. The number of rotatable bonds is 4. The van der Waals surface area contributed by atoms with E-state index in [0.717, 1.165) is 12.8 Å². The Morgan fingerprint density at radius 3 is 3.05 bits per heavy atom. The zero-order valence-electron chi connectivity index (χ0n) is 11.0. The highest BCUT2D eigenvalue weighted by atomic mass is 32.2. The summed E-state index contributed by atoms with van der Waals surface area (Å²) in [5.41, 5.74) is 1.11. The summed E-state index contributed by atoms with van der Waals surface area (Å²) in [7, 11) is 0. The van der Waals surface area contributed by atoms with Gasteiger partial charge in [0.15, 0.2) is 5.58 Å². The molecular formula is C13H15N3O3S. The summed E-state index contributed by atoms with van der Waals surface area (Å²) < 4.78 is 5.58. The van der Waals surface area contributed by atoms with Crippen molar-refractivity contribution in [2.75, 3.05) is 11.6 Å². The van der Waals surface area contributed by atoms with Crippen molar-refractivity contribution in [3.05, 3.63) is 28.3 Å². The van der Waals surface area contributed by atoms with Crippen LogP contribution in [0.15, 0.2) is 22.6 Å². The molecule has 1 saturated carbocycles. The van der Waals surface area contributed by atoms with E-state index in [-0.39, 0.29) is 5.69 Å². The molecule has 1 aromatic carbocycles. The molecule has 1 aliphatic carbocycles. The maximum absolute atomic E-state index is 10.7. The summed E-state index contributed by atoms with van der Waals surface area (Å²) in [5.74, 6) is 0. The van der Waals surface area contributed by atoms with Crippen LogP contribution in [0.1, 0.15) is 19.3 Å². The number of aromatic nitrogens is 1. The number of nitrogens with zero attached hydrogens (tertiary/aromatic N) is 2. The van der Waals surface area contributed by atoms with Crippen LogP contribution in [0.5, 0.6) is 0 Å². The third kappa shape index (κ3) is 2.58. The first-order chi connectivity index (χ1) is 9.65.